The Morgan fingerprint density at radius 2 is 1.92 bits per heavy atom. The highest BCUT2D eigenvalue weighted by Gasteiger charge is 2.23. The largest absolute Gasteiger partial charge is 0.351 e. The third-order valence-corrected chi connectivity index (χ3v) is 5.67. The molecule has 1 aromatic carbocycles. The molecule has 0 atom stereocenters. The highest BCUT2D eigenvalue weighted by atomic mass is 32.2. The van der Waals surface area contributed by atoms with Crippen LogP contribution >= 0.6 is 0 Å². The van der Waals surface area contributed by atoms with Crippen molar-refractivity contribution in [3.63, 3.8) is 0 Å². The Kier molecular flexibility index (Phi) is 5.19. The smallest absolute Gasteiger partial charge is 0.267 e. The van der Waals surface area contributed by atoms with E-state index in [0.29, 0.717) is 5.69 Å². The molecule has 7 nitrogen and oxygen atoms in total. The van der Waals surface area contributed by atoms with Crippen LogP contribution in [0.1, 0.15) is 15.9 Å². The zero-order chi connectivity index (χ0) is 18.7. The van der Waals surface area contributed by atoms with E-state index in [2.05, 4.69) is 15.7 Å². The van der Waals surface area contributed by atoms with E-state index < -0.39 is 21.6 Å². The maximum Gasteiger partial charge on any atom is 0.267 e. The van der Waals surface area contributed by atoms with Crippen molar-refractivity contribution in [2.24, 2.45) is 0 Å². The van der Waals surface area contributed by atoms with E-state index in [1.165, 1.54) is 24.5 Å². The lowest BCUT2D eigenvalue weighted by molar-refractivity contribution is 0.0803. The van der Waals surface area contributed by atoms with Gasteiger partial charge in [0.05, 0.1) is 34.6 Å². The summed E-state index contributed by atoms with van der Waals surface area (Å²) in [4.78, 5) is 16.5. The minimum atomic E-state index is -3.03. The molecule has 0 bridgehead atoms. The number of rotatable bonds is 4. The average molecular weight is 378 g/mol. The number of carbonyl (C=O) groups is 1. The van der Waals surface area contributed by atoms with Crippen molar-refractivity contribution in [1.29, 1.82) is 0 Å². The fourth-order valence-corrected chi connectivity index (χ4v) is 3.79. The summed E-state index contributed by atoms with van der Waals surface area (Å²) in [5, 5.41) is 4.46. The fourth-order valence-electron chi connectivity index (χ4n) is 2.59. The minimum Gasteiger partial charge on any atom is -0.351 e. The number of hydrogen-bond donors (Lipinski definition) is 2. The highest BCUT2D eigenvalue weighted by molar-refractivity contribution is 7.91. The Morgan fingerprint density at radius 3 is 2.62 bits per heavy atom. The lowest BCUT2D eigenvalue weighted by Crippen LogP contribution is -2.50. The number of aryl methyl sites for hydroxylation is 1. The van der Waals surface area contributed by atoms with Crippen molar-refractivity contribution in [1.82, 2.24) is 15.4 Å². The summed E-state index contributed by atoms with van der Waals surface area (Å²) in [6, 6.07) is 6.27. The molecule has 138 valence electrons. The predicted octanol–water partition coefficient (Wildman–Crippen LogP) is 1.65. The van der Waals surface area contributed by atoms with Crippen LogP contribution < -0.4 is 10.7 Å². The SMILES string of the molecule is Cc1ccc(Nc2cnccc2C(=O)NN2CCS(=O)(=O)CC2)c(F)c1. The molecule has 1 aliphatic heterocycles. The van der Waals surface area contributed by atoms with E-state index in [-0.39, 0.29) is 35.8 Å². The van der Waals surface area contributed by atoms with Crippen LogP contribution in [0.5, 0.6) is 0 Å². The van der Waals surface area contributed by atoms with Gasteiger partial charge in [-0.1, -0.05) is 6.07 Å². The number of halogens is 1. The minimum absolute atomic E-state index is 0.00328. The van der Waals surface area contributed by atoms with Crippen molar-refractivity contribution in [2.45, 2.75) is 6.92 Å². The van der Waals surface area contributed by atoms with Crippen molar-refractivity contribution in [2.75, 3.05) is 29.9 Å². The average Bonchev–Trinajstić information content (AvgIpc) is 2.59. The molecule has 1 fully saturated rings. The summed E-state index contributed by atoms with van der Waals surface area (Å²) in [6.45, 7) is 2.25. The van der Waals surface area contributed by atoms with Gasteiger partial charge < -0.3 is 5.32 Å². The molecule has 0 aliphatic carbocycles. The van der Waals surface area contributed by atoms with E-state index in [9.17, 15) is 17.6 Å². The van der Waals surface area contributed by atoms with Crippen LogP contribution in [-0.2, 0) is 9.84 Å². The topological polar surface area (TPSA) is 91.4 Å². The first-order chi connectivity index (χ1) is 12.3. The molecule has 1 aliphatic rings. The molecule has 1 saturated heterocycles. The number of hydrogen-bond acceptors (Lipinski definition) is 6. The molecule has 9 heteroatoms. The fraction of sp³-hybridized carbons (Fsp3) is 0.294. The van der Waals surface area contributed by atoms with Gasteiger partial charge in [0.2, 0.25) is 0 Å². The second kappa shape index (κ2) is 7.38. The summed E-state index contributed by atoms with van der Waals surface area (Å²) < 4.78 is 37.0. The van der Waals surface area contributed by atoms with Gasteiger partial charge in [0.25, 0.3) is 5.91 Å². The van der Waals surface area contributed by atoms with Crippen molar-refractivity contribution >= 4 is 27.1 Å². The standard InChI is InChI=1S/C17H19FN4O3S/c1-12-2-3-15(14(18)10-12)20-16-11-19-5-4-13(16)17(23)21-22-6-8-26(24,25)9-7-22/h2-5,10-11,20H,6-9H2,1H3,(H,21,23). The summed E-state index contributed by atoms with van der Waals surface area (Å²) in [7, 11) is -3.03. The molecule has 0 saturated carbocycles. The zero-order valence-electron chi connectivity index (χ0n) is 14.2. The number of nitrogens with zero attached hydrogens (tertiary/aromatic N) is 2. The number of benzene rings is 1. The van der Waals surface area contributed by atoms with E-state index >= 15 is 0 Å². The molecule has 26 heavy (non-hydrogen) atoms. The summed E-state index contributed by atoms with van der Waals surface area (Å²) in [6.07, 6.45) is 2.90. The zero-order valence-corrected chi connectivity index (χ0v) is 15.0. The van der Waals surface area contributed by atoms with Gasteiger partial charge in [-0.25, -0.2) is 17.8 Å². The number of hydrazine groups is 1. The molecule has 3 rings (SSSR count). The Hall–Kier alpha value is -2.52. The van der Waals surface area contributed by atoms with Crippen LogP contribution in [0.15, 0.2) is 36.7 Å². The van der Waals surface area contributed by atoms with Gasteiger partial charge in [-0.15, -0.1) is 0 Å². The Bertz CT molecular complexity index is 919. The van der Waals surface area contributed by atoms with Crippen LogP contribution in [0, 0.1) is 12.7 Å². The van der Waals surface area contributed by atoms with Crippen molar-refractivity contribution < 1.29 is 17.6 Å². The second-order valence-electron chi connectivity index (χ2n) is 6.11. The predicted molar refractivity (Wildman–Crippen MR) is 96.3 cm³/mol. The molecule has 1 aromatic heterocycles. The second-order valence-corrected chi connectivity index (χ2v) is 8.41. The number of anilines is 2. The van der Waals surface area contributed by atoms with E-state index in [1.807, 2.05) is 0 Å². The quantitative estimate of drug-likeness (QED) is 0.841. The monoisotopic (exact) mass is 378 g/mol. The van der Waals surface area contributed by atoms with Gasteiger partial charge in [-0.2, -0.15) is 0 Å². The van der Waals surface area contributed by atoms with Gasteiger partial charge in [0.1, 0.15) is 5.82 Å². The van der Waals surface area contributed by atoms with Gasteiger partial charge in [0.15, 0.2) is 9.84 Å². The third kappa shape index (κ3) is 4.36. The van der Waals surface area contributed by atoms with E-state index in [0.717, 1.165) is 5.56 Å². The molecule has 2 heterocycles. The maximum absolute atomic E-state index is 14.1. The van der Waals surface area contributed by atoms with E-state index in [4.69, 9.17) is 0 Å². The Balaban J connectivity index is 1.75. The van der Waals surface area contributed by atoms with Gasteiger partial charge in [-0.05, 0) is 30.7 Å². The number of carbonyl (C=O) groups excluding carboxylic acids is 1. The number of sulfone groups is 1. The Labute approximate surface area is 151 Å². The first kappa shape index (κ1) is 18.3. The van der Waals surface area contributed by atoms with Crippen LogP contribution in [0.4, 0.5) is 15.8 Å². The number of pyridine rings is 1. The summed E-state index contributed by atoms with van der Waals surface area (Å²) in [5.74, 6) is -0.838. The molecule has 0 unspecified atom stereocenters. The third-order valence-electron chi connectivity index (χ3n) is 4.06. The molecule has 2 N–H and O–H groups in total. The molecule has 0 spiro atoms. The van der Waals surface area contributed by atoms with Gasteiger partial charge in [0, 0.05) is 19.3 Å². The molecule has 2 aromatic rings. The first-order valence-corrected chi connectivity index (χ1v) is 9.90. The lowest BCUT2D eigenvalue weighted by Gasteiger charge is -2.27. The van der Waals surface area contributed by atoms with Gasteiger partial charge >= 0.3 is 0 Å². The molecular weight excluding hydrogens is 359 g/mol. The lowest BCUT2D eigenvalue weighted by atomic mass is 10.2. The maximum atomic E-state index is 14.1. The first-order valence-electron chi connectivity index (χ1n) is 8.07. The number of aromatic nitrogens is 1. The van der Waals surface area contributed by atoms with Crippen LogP contribution in [0.2, 0.25) is 0 Å². The normalized spacial score (nSPS) is 16.8. The summed E-state index contributed by atoms with van der Waals surface area (Å²) >= 11 is 0. The molecular formula is C17H19FN4O3S. The number of amides is 1. The van der Waals surface area contributed by atoms with Crippen LogP contribution in [-0.4, -0.2) is 48.9 Å². The molecule has 0 radical (unpaired) electrons. The van der Waals surface area contributed by atoms with E-state index in [1.54, 1.807) is 24.1 Å². The van der Waals surface area contributed by atoms with Crippen LogP contribution in [0.3, 0.4) is 0 Å². The summed E-state index contributed by atoms with van der Waals surface area (Å²) in [5.41, 5.74) is 4.36. The van der Waals surface area contributed by atoms with Crippen molar-refractivity contribution in [3.8, 4) is 0 Å². The van der Waals surface area contributed by atoms with Gasteiger partial charge in [-0.3, -0.25) is 15.2 Å². The van der Waals surface area contributed by atoms with Crippen LogP contribution in [0.25, 0.3) is 0 Å². The Morgan fingerprint density at radius 1 is 1.19 bits per heavy atom. The van der Waals surface area contributed by atoms with Crippen molar-refractivity contribution in [3.05, 3.63) is 53.6 Å². The number of nitrogens with one attached hydrogen (secondary N) is 2. The molecule has 1 amide bonds. The highest BCUT2D eigenvalue weighted by Crippen LogP contribution is 2.23.